The summed E-state index contributed by atoms with van der Waals surface area (Å²) in [6, 6.07) is 12.3. The Bertz CT molecular complexity index is 817. The van der Waals surface area contributed by atoms with E-state index in [0.717, 1.165) is 0 Å². The maximum Gasteiger partial charge on any atom is 0.232 e. The van der Waals surface area contributed by atoms with Gasteiger partial charge < -0.3 is 9.59 Å². The van der Waals surface area contributed by atoms with E-state index < -0.39 is 21.8 Å². The van der Waals surface area contributed by atoms with Crippen LogP contribution in [-0.2, 0) is 9.59 Å². The summed E-state index contributed by atoms with van der Waals surface area (Å²) in [4.78, 5) is 35.3. The Morgan fingerprint density at radius 1 is 1.14 bits per heavy atom. The predicted octanol–water partition coefficient (Wildman–Crippen LogP) is 4.13. The third-order valence-electron chi connectivity index (χ3n) is 5.21. The molecule has 0 heterocycles. The van der Waals surface area contributed by atoms with Crippen molar-refractivity contribution in [3.63, 3.8) is 0 Å². The van der Waals surface area contributed by atoms with Gasteiger partial charge in [0.25, 0.3) is 0 Å². The van der Waals surface area contributed by atoms with Crippen LogP contribution >= 0.6 is 0 Å². The maximum atomic E-state index is 12.5. The van der Waals surface area contributed by atoms with Crippen LogP contribution in [0.25, 0.3) is 0 Å². The van der Waals surface area contributed by atoms with E-state index in [1.54, 1.807) is 30.3 Å². The van der Waals surface area contributed by atoms with Crippen LogP contribution in [0, 0.1) is 38.2 Å². The Hall–Kier alpha value is -3.32. The van der Waals surface area contributed by atoms with Gasteiger partial charge in [0.05, 0.1) is 18.1 Å². The first kappa shape index (κ1) is 23.7. The zero-order chi connectivity index (χ0) is 22.1. The zero-order valence-corrected chi connectivity index (χ0v) is 16.8. The molecule has 0 fully saturated rings. The molecule has 0 bridgehead atoms. The minimum Gasteiger partial charge on any atom is -0.300 e. The Morgan fingerprint density at radius 3 is 1.97 bits per heavy atom. The predicted molar refractivity (Wildman–Crippen MR) is 107 cm³/mol. The lowest BCUT2D eigenvalue weighted by atomic mass is 9.60. The van der Waals surface area contributed by atoms with Crippen molar-refractivity contribution in [2.75, 3.05) is 0 Å². The molecule has 0 N–H and O–H groups in total. The first-order chi connectivity index (χ1) is 13.7. The van der Waals surface area contributed by atoms with Crippen LogP contribution in [-0.4, -0.2) is 22.0 Å². The van der Waals surface area contributed by atoms with Crippen molar-refractivity contribution in [1.29, 1.82) is 10.5 Å². The van der Waals surface area contributed by atoms with Gasteiger partial charge in [-0.3, -0.25) is 10.1 Å². The molecule has 7 nitrogen and oxygen atoms in total. The van der Waals surface area contributed by atoms with Crippen LogP contribution in [0.5, 0.6) is 0 Å². The fraction of sp³-hybridized carbons (Fsp3) is 0.455. The summed E-state index contributed by atoms with van der Waals surface area (Å²) in [6.07, 6.45) is 0.764. The topological polar surface area (TPSA) is 125 Å². The Morgan fingerprint density at radius 2 is 1.62 bits per heavy atom. The van der Waals surface area contributed by atoms with E-state index >= 15 is 0 Å². The van der Waals surface area contributed by atoms with Crippen LogP contribution in [0.1, 0.15) is 57.4 Å². The number of allylic oxidation sites excluding steroid dienone is 1. The van der Waals surface area contributed by atoms with Gasteiger partial charge >= 0.3 is 0 Å². The van der Waals surface area contributed by atoms with Gasteiger partial charge in [0.2, 0.25) is 5.54 Å². The van der Waals surface area contributed by atoms with E-state index in [9.17, 15) is 30.2 Å². The molecule has 7 heteroatoms. The number of ketones is 2. The van der Waals surface area contributed by atoms with Gasteiger partial charge in [0.1, 0.15) is 11.6 Å². The van der Waals surface area contributed by atoms with Gasteiger partial charge in [-0.25, -0.2) is 0 Å². The Labute approximate surface area is 170 Å². The molecule has 0 saturated carbocycles. The van der Waals surface area contributed by atoms with E-state index in [1.165, 1.54) is 19.9 Å². The highest BCUT2D eigenvalue weighted by atomic mass is 16.6. The first-order valence-electron chi connectivity index (χ1n) is 9.31. The summed E-state index contributed by atoms with van der Waals surface area (Å²) < 4.78 is 0. The molecule has 0 spiro atoms. The highest BCUT2D eigenvalue weighted by Crippen LogP contribution is 2.50. The van der Waals surface area contributed by atoms with Gasteiger partial charge in [-0.15, -0.1) is 6.58 Å². The van der Waals surface area contributed by atoms with Crippen molar-refractivity contribution in [3.05, 3.63) is 58.7 Å². The summed E-state index contributed by atoms with van der Waals surface area (Å²) >= 11 is 0. The smallest absolute Gasteiger partial charge is 0.232 e. The highest BCUT2D eigenvalue weighted by Gasteiger charge is 2.60. The summed E-state index contributed by atoms with van der Waals surface area (Å²) in [5, 5.41) is 32.4. The molecule has 0 aromatic heterocycles. The molecular weight excluding hydrogens is 370 g/mol. The molecular formula is C22H25N3O4. The monoisotopic (exact) mass is 395 g/mol. The number of hydrogen-bond donors (Lipinski definition) is 0. The van der Waals surface area contributed by atoms with E-state index in [2.05, 4.69) is 6.58 Å². The Balaban J connectivity index is 3.86. The number of benzene rings is 1. The number of rotatable bonds is 12. The highest BCUT2D eigenvalue weighted by molar-refractivity contribution is 5.76. The quantitative estimate of drug-likeness (QED) is 0.297. The molecule has 1 aromatic rings. The maximum absolute atomic E-state index is 12.5. The molecule has 0 saturated heterocycles. The second-order valence-corrected chi connectivity index (χ2v) is 7.30. The molecule has 0 aliphatic rings. The lowest BCUT2D eigenvalue weighted by Gasteiger charge is -2.39. The molecule has 0 radical (unpaired) electrons. The number of nitro groups is 1. The van der Waals surface area contributed by atoms with E-state index in [0.29, 0.717) is 5.56 Å². The van der Waals surface area contributed by atoms with Gasteiger partial charge in [-0.1, -0.05) is 36.4 Å². The first-order valence-corrected chi connectivity index (χ1v) is 9.31. The summed E-state index contributed by atoms with van der Waals surface area (Å²) in [6.45, 7) is 6.28. The number of nitrogens with zero attached hydrogens (tertiary/aromatic N) is 3. The third kappa shape index (κ3) is 5.36. The number of nitriles is 2. The van der Waals surface area contributed by atoms with Crippen molar-refractivity contribution >= 4 is 11.6 Å². The molecule has 0 aliphatic heterocycles. The second kappa shape index (κ2) is 10.3. The summed E-state index contributed by atoms with van der Waals surface area (Å²) in [5.41, 5.74) is -3.17. The molecule has 0 aliphatic carbocycles. The average molecular weight is 395 g/mol. The fourth-order valence-corrected chi connectivity index (χ4v) is 3.78. The number of hydrogen-bond acceptors (Lipinski definition) is 6. The van der Waals surface area contributed by atoms with Gasteiger partial charge in [0, 0.05) is 30.6 Å². The van der Waals surface area contributed by atoms with E-state index in [1.807, 2.05) is 12.1 Å². The van der Waals surface area contributed by atoms with Gasteiger partial charge in [-0.05, 0) is 25.8 Å². The van der Waals surface area contributed by atoms with Crippen molar-refractivity contribution in [2.24, 2.45) is 5.41 Å². The van der Waals surface area contributed by atoms with Crippen LogP contribution in [0.4, 0.5) is 0 Å². The van der Waals surface area contributed by atoms with Crippen molar-refractivity contribution in [1.82, 2.24) is 0 Å². The van der Waals surface area contributed by atoms with Crippen molar-refractivity contribution in [2.45, 2.75) is 57.4 Å². The van der Waals surface area contributed by atoms with E-state index in [-0.39, 0.29) is 43.7 Å². The molecule has 1 unspecified atom stereocenters. The fourth-order valence-electron chi connectivity index (χ4n) is 3.78. The number of carbonyl (C=O) groups excluding carboxylic acids is 2. The number of carbonyl (C=O) groups is 2. The standard InChI is InChI=1S/C22H25N3O4/c1-4-12-21(15-23,16-24)20(19-8-6-5-7-9-19)22(25(28)29,13-10-17(2)26)14-11-18(3)27/h4-9,20H,1,10-14H2,2-3H3. The molecule has 29 heavy (non-hydrogen) atoms. The lowest BCUT2D eigenvalue weighted by molar-refractivity contribution is -0.580. The van der Waals surface area contributed by atoms with Crippen LogP contribution in [0.3, 0.4) is 0 Å². The molecule has 152 valence electrons. The Kier molecular flexibility index (Phi) is 8.41. The molecule has 1 atom stereocenters. The van der Waals surface area contributed by atoms with Crippen LogP contribution < -0.4 is 0 Å². The summed E-state index contributed by atoms with van der Waals surface area (Å²) in [7, 11) is 0. The average Bonchev–Trinajstić information content (AvgIpc) is 2.69. The number of Topliss-reactive ketones (excluding diaryl/α,β-unsaturated/α-hetero) is 2. The minimum atomic E-state index is -1.84. The largest absolute Gasteiger partial charge is 0.300 e. The van der Waals surface area contributed by atoms with Crippen molar-refractivity contribution in [3.8, 4) is 12.1 Å². The van der Waals surface area contributed by atoms with Crippen LogP contribution in [0.15, 0.2) is 43.0 Å². The minimum absolute atomic E-state index is 0.0880. The van der Waals surface area contributed by atoms with Gasteiger partial charge in [-0.2, -0.15) is 10.5 Å². The molecule has 1 aromatic carbocycles. The normalized spacial score (nSPS) is 12.3. The van der Waals surface area contributed by atoms with E-state index in [4.69, 9.17) is 0 Å². The van der Waals surface area contributed by atoms with Crippen molar-refractivity contribution < 1.29 is 14.5 Å². The van der Waals surface area contributed by atoms with Crippen LogP contribution in [0.2, 0.25) is 0 Å². The SMILES string of the molecule is C=CCC(C#N)(C#N)C(c1ccccc1)C(CCC(C)=O)(CCC(C)=O)[N+](=O)[O-]. The second-order valence-electron chi connectivity index (χ2n) is 7.30. The van der Waals surface area contributed by atoms with Gasteiger partial charge in [0.15, 0.2) is 5.41 Å². The molecule has 0 amide bonds. The third-order valence-corrected chi connectivity index (χ3v) is 5.21. The lowest BCUT2D eigenvalue weighted by Crippen LogP contribution is -2.51. The zero-order valence-electron chi connectivity index (χ0n) is 16.8. The molecule has 1 rings (SSSR count). The summed E-state index contributed by atoms with van der Waals surface area (Å²) in [5.74, 6) is -1.64.